The number of imidazole rings is 1. The molecule has 0 spiro atoms. The number of aromatic nitrogens is 4. The topological polar surface area (TPSA) is 112 Å². The molecule has 0 radical (unpaired) electrons. The van der Waals surface area contributed by atoms with E-state index in [-0.39, 0.29) is 11.4 Å². The maximum absolute atomic E-state index is 13.0. The zero-order valence-electron chi connectivity index (χ0n) is 15.2. The second kappa shape index (κ2) is 6.73. The van der Waals surface area contributed by atoms with Crippen LogP contribution >= 0.6 is 0 Å². The molecule has 0 atom stereocenters. The average Bonchev–Trinajstić information content (AvgIpc) is 3.28. The molecule has 0 saturated heterocycles. The van der Waals surface area contributed by atoms with Crippen molar-refractivity contribution in [3.05, 3.63) is 54.7 Å². The first kappa shape index (κ1) is 18.1. The van der Waals surface area contributed by atoms with Crippen LogP contribution in [0.1, 0.15) is 5.56 Å². The Balaban J connectivity index is 1.55. The number of likely N-dealkylation sites (N-methyl/N-ethyl adjacent to an activating group) is 1. The fourth-order valence-electron chi connectivity index (χ4n) is 3.02. The van der Waals surface area contributed by atoms with E-state index in [4.69, 9.17) is 0 Å². The van der Waals surface area contributed by atoms with Crippen molar-refractivity contribution >= 4 is 38.0 Å². The fraction of sp³-hybridized carbons (Fsp3) is 0.167. The molecular weight excluding hydrogens is 380 g/mol. The lowest BCUT2D eigenvalue weighted by atomic mass is 10.2. The van der Waals surface area contributed by atoms with Crippen LogP contribution in [0.15, 0.2) is 54.1 Å². The van der Waals surface area contributed by atoms with E-state index < -0.39 is 15.9 Å². The van der Waals surface area contributed by atoms with E-state index in [1.807, 2.05) is 13.0 Å². The third kappa shape index (κ3) is 3.23. The molecule has 28 heavy (non-hydrogen) atoms. The number of nitrogens with one attached hydrogen (secondary N) is 2. The van der Waals surface area contributed by atoms with Gasteiger partial charge in [0.05, 0.1) is 36.3 Å². The molecule has 0 unspecified atom stereocenters. The van der Waals surface area contributed by atoms with Crippen LogP contribution in [0.4, 0.5) is 5.69 Å². The summed E-state index contributed by atoms with van der Waals surface area (Å²) in [5.74, 6) is -0.441. The lowest BCUT2D eigenvalue weighted by Gasteiger charge is -2.18. The summed E-state index contributed by atoms with van der Waals surface area (Å²) in [4.78, 5) is 16.5. The van der Waals surface area contributed by atoms with Crippen LogP contribution < -0.4 is 5.32 Å². The van der Waals surface area contributed by atoms with Crippen molar-refractivity contribution in [3.8, 4) is 0 Å². The average molecular weight is 398 g/mol. The van der Waals surface area contributed by atoms with Crippen molar-refractivity contribution < 1.29 is 13.2 Å². The molecule has 0 saturated carbocycles. The molecule has 10 heteroatoms. The van der Waals surface area contributed by atoms with Crippen molar-refractivity contribution in [2.75, 3.05) is 18.9 Å². The SMILES string of the molecule is Cc1cc(S(=O)(=O)N(C)CC(=O)Nc2ccn3cncc3c2)c2[nH]ncc2c1. The van der Waals surface area contributed by atoms with Crippen LogP contribution in [0.3, 0.4) is 0 Å². The van der Waals surface area contributed by atoms with E-state index in [2.05, 4.69) is 20.5 Å². The standard InChI is InChI=1S/C18H18N6O3S/c1-12-5-13-8-20-22-18(13)16(6-12)28(26,27)23(2)10-17(25)21-14-3-4-24-11-19-9-15(24)7-14/h3-9,11H,10H2,1-2H3,(H,20,22)(H,21,25). The fourth-order valence-corrected chi connectivity index (χ4v) is 4.40. The van der Waals surface area contributed by atoms with Crippen LogP contribution in [-0.4, -0.2) is 51.8 Å². The summed E-state index contributed by atoms with van der Waals surface area (Å²) in [5, 5.41) is 10.1. The molecule has 0 fully saturated rings. The third-order valence-corrected chi connectivity index (χ3v) is 6.24. The van der Waals surface area contributed by atoms with Gasteiger partial charge in [0.1, 0.15) is 4.90 Å². The molecule has 3 aromatic heterocycles. The zero-order chi connectivity index (χ0) is 19.9. The summed E-state index contributed by atoms with van der Waals surface area (Å²) in [6, 6.07) is 6.89. The third-order valence-electron chi connectivity index (χ3n) is 4.41. The van der Waals surface area contributed by atoms with Gasteiger partial charge in [-0.15, -0.1) is 0 Å². The van der Waals surface area contributed by atoms with Gasteiger partial charge in [-0.1, -0.05) is 0 Å². The summed E-state index contributed by atoms with van der Waals surface area (Å²) in [6.45, 7) is 1.49. The van der Waals surface area contributed by atoms with Gasteiger partial charge < -0.3 is 9.72 Å². The Bertz CT molecular complexity index is 1290. The molecule has 3 heterocycles. The number of amides is 1. The van der Waals surface area contributed by atoms with Crippen LogP contribution in [0, 0.1) is 6.92 Å². The van der Waals surface area contributed by atoms with Crippen molar-refractivity contribution in [1.82, 2.24) is 23.9 Å². The predicted octanol–water partition coefficient (Wildman–Crippen LogP) is 1.78. The molecule has 144 valence electrons. The first-order chi connectivity index (χ1) is 13.3. The number of aromatic amines is 1. The normalized spacial score (nSPS) is 12.1. The molecule has 0 aliphatic rings. The zero-order valence-corrected chi connectivity index (χ0v) is 16.1. The van der Waals surface area contributed by atoms with Gasteiger partial charge in [-0.25, -0.2) is 13.4 Å². The number of hydrogen-bond donors (Lipinski definition) is 2. The van der Waals surface area contributed by atoms with Crippen molar-refractivity contribution in [2.45, 2.75) is 11.8 Å². The van der Waals surface area contributed by atoms with Gasteiger partial charge >= 0.3 is 0 Å². The Hall–Kier alpha value is -3.24. The highest BCUT2D eigenvalue weighted by molar-refractivity contribution is 7.89. The number of aryl methyl sites for hydroxylation is 1. The number of hydrogen-bond acceptors (Lipinski definition) is 5. The van der Waals surface area contributed by atoms with Crippen LogP contribution in [-0.2, 0) is 14.8 Å². The lowest BCUT2D eigenvalue weighted by Crippen LogP contribution is -2.35. The maximum atomic E-state index is 13.0. The smallest absolute Gasteiger partial charge is 0.245 e. The second-order valence-corrected chi connectivity index (χ2v) is 8.56. The highest BCUT2D eigenvalue weighted by atomic mass is 32.2. The van der Waals surface area contributed by atoms with E-state index in [0.29, 0.717) is 16.6 Å². The van der Waals surface area contributed by atoms with Crippen LogP contribution in [0.2, 0.25) is 0 Å². The number of rotatable bonds is 5. The summed E-state index contributed by atoms with van der Waals surface area (Å²) in [5.41, 5.74) is 2.60. The molecule has 1 amide bonds. The van der Waals surface area contributed by atoms with Gasteiger partial charge in [0, 0.05) is 24.3 Å². The lowest BCUT2D eigenvalue weighted by molar-refractivity contribution is -0.116. The quantitative estimate of drug-likeness (QED) is 0.532. The predicted molar refractivity (Wildman–Crippen MR) is 104 cm³/mol. The van der Waals surface area contributed by atoms with Crippen molar-refractivity contribution in [3.63, 3.8) is 0 Å². The molecule has 4 aromatic rings. The number of sulfonamides is 1. The number of H-pyrrole nitrogens is 1. The second-order valence-electron chi connectivity index (χ2n) is 6.55. The molecule has 0 aliphatic carbocycles. The Kier molecular flexibility index (Phi) is 4.36. The number of anilines is 1. The van der Waals surface area contributed by atoms with Gasteiger partial charge in [-0.3, -0.25) is 9.89 Å². The summed E-state index contributed by atoms with van der Waals surface area (Å²) >= 11 is 0. The Morgan fingerprint density at radius 1 is 1.29 bits per heavy atom. The number of carbonyl (C=O) groups is 1. The number of benzene rings is 1. The van der Waals surface area contributed by atoms with E-state index in [1.165, 1.54) is 7.05 Å². The molecule has 1 aromatic carbocycles. The molecule has 0 bridgehead atoms. The summed E-state index contributed by atoms with van der Waals surface area (Å²) in [6.07, 6.45) is 6.65. The molecule has 0 aliphatic heterocycles. The Morgan fingerprint density at radius 3 is 2.93 bits per heavy atom. The van der Waals surface area contributed by atoms with Gasteiger partial charge in [0.25, 0.3) is 0 Å². The van der Waals surface area contributed by atoms with Gasteiger partial charge in [-0.05, 0) is 36.8 Å². The highest BCUT2D eigenvalue weighted by Crippen LogP contribution is 2.25. The highest BCUT2D eigenvalue weighted by Gasteiger charge is 2.26. The molecule has 9 nitrogen and oxygen atoms in total. The first-order valence-electron chi connectivity index (χ1n) is 8.46. The Labute approximate surface area is 161 Å². The van der Waals surface area contributed by atoms with E-state index in [0.717, 1.165) is 15.4 Å². The summed E-state index contributed by atoms with van der Waals surface area (Å²) in [7, 11) is -2.51. The van der Waals surface area contributed by atoms with E-state index in [9.17, 15) is 13.2 Å². The largest absolute Gasteiger partial charge is 0.325 e. The van der Waals surface area contributed by atoms with Crippen LogP contribution in [0.25, 0.3) is 16.4 Å². The number of carbonyl (C=O) groups excluding carboxylic acids is 1. The first-order valence-corrected chi connectivity index (χ1v) is 9.90. The Morgan fingerprint density at radius 2 is 2.11 bits per heavy atom. The minimum atomic E-state index is -3.88. The van der Waals surface area contributed by atoms with Crippen molar-refractivity contribution in [1.29, 1.82) is 0 Å². The molecule has 2 N–H and O–H groups in total. The monoisotopic (exact) mass is 398 g/mol. The number of nitrogens with zero attached hydrogens (tertiary/aromatic N) is 4. The van der Waals surface area contributed by atoms with E-state index >= 15 is 0 Å². The van der Waals surface area contributed by atoms with Crippen LogP contribution in [0.5, 0.6) is 0 Å². The maximum Gasteiger partial charge on any atom is 0.245 e. The minimum Gasteiger partial charge on any atom is -0.325 e. The molecule has 4 rings (SSSR count). The van der Waals surface area contributed by atoms with Gasteiger partial charge in [0.15, 0.2) is 0 Å². The number of fused-ring (bicyclic) bond motifs is 2. The van der Waals surface area contributed by atoms with Gasteiger partial charge in [0.2, 0.25) is 15.9 Å². The summed E-state index contributed by atoms with van der Waals surface area (Å²) < 4.78 is 28.8. The minimum absolute atomic E-state index is 0.0935. The van der Waals surface area contributed by atoms with Gasteiger partial charge in [-0.2, -0.15) is 9.40 Å². The van der Waals surface area contributed by atoms with Crippen molar-refractivity contribution in [2.24, 2.45) is 0 Å². The van der Waals surface area contributed by atoms with E-state index in [1.54, 1.807) is 47.5 Å². The molecular formula is C18H18N6O3S. The number of pyridine rings is 1.